The standard InChI is InChI=1S/C13H18N2O3S/c1-19-9-11-4-2-3-10(7-11)8-15-13(18)14-6-5-12(16)17/h2-4,7H,5-6,8-9H2,1H3,(H,16,17)(H2,14,15,18). The zero-order valence-corrected chi connectivity index (χ0v) is 11.6. The molecule has 0 aliphatic carbocycles. The molecule has 0 aromatic heterocycles. The quantitative estimate of drug-likeness (QED) is 0.713. The van der Waals surface area contributed by atoms with Gasteiger partial charge in [-0.05, 0) is 17.4 Å². The first kappa shape index (κ1) is 15.4. The lowest BCUT2D eigenvalue weighted by Gasteiger charge is -2.08. The van der Waals surface area contributed by atoms with Gasteiger partial charge in [0.2, 0.25) is 0 Å². The van der Waals surface area contributed by atoms with Crippen molar-refractivity contribution in [1.82, 2.24) is 10.6 Å². The van der Waals surface area contributed by atoms with Crippen molar-refractivity contribution >= 4 is 23.8 Å². The summed E-state index contributed by atoms with van der Waals surface area (Å²) >= 11 is 1.75. The van der Waals surface area contributed by atoms with Gasteiger partial charge >= 0.3 is 12.0 Å². The molecule has 0 bridgehead atoms. The minimum Gasteiger partial charge on any atom is -0.481 e. The van der Waals surface area contributed by atoms with Gasteiger partial charge in [0, 0.05) is 18.8 Å². The average Bonchev–Trinajstić information content (AvgIpc) is 2.37. The van der Waals surface area contributed by atoms with E-state index in [1.165, 1.54) is 5.56 Å². The minimum atomic E-state index is -0.926. The number of rotatable bonds is 7. The molecular weight excluding hydrogens is 264 g/mol. The first-order chi connectivity index (χ1) is 9.11. The summed E-state index contributed by atoms with van der Waals surface area (Å²) in [5.74, 6) is 0.0172. The van der Waals surface area contributed by atoms with Gasteiger partial charge in [0.25, 0.3) is 0 Å². The molecule has 0 aliphatic heterocycles. The highest BCUT2D eigenvalue weighted by atomic mass is 32.2. The molecule has 5 nitrogen and oxygen atoms in total. The summed E-state index contributed by atoms with van der Waals surface area (Å²) in [6, 6.07) is 7.66. The number of benzene rings is 1. The van der Waals surface area contributed by atoms with Crippen LogP contribution in [0.2, 0.25) is 0 Å². The number of carbonyl (C=O) groups is 2. The fraction of sp³-hybridized carbons (Fsp3) is 0.385. The Morgan fingerprint density at radius 3 is 2.68 bits per heavy atom. The Morgan fingerprint density at radius 1 is 1.26 bits per heavy atom. The van der Waals surface area contributed by atoms with Crippen molar-refractivity contribution in [3.8, 4) is 0 Å². The van der Waals surface area contributed by atoms with Gasteiger partial charge in [0.15, 0.2) is 0 Å². The summed E-state index contributed by atoms with van der Waals surface area (Å²) < 4.78 is 0. The lowest BCUT2D eigenvalue weighted by Crippen LogP contribution is -2.36. The number of thioether (sulfide) groups is 1. The van der Waals surface area contributed by atoms with E-state index in [0.29, 0.717) is 6.54 Å². The molecule has 1 aromatic rings. The Labute approximate surface area is 116 Å². The van der Waals surface area contributed by atoms with Crippen LogP contribution in [0.15, 0.2) is 24.3 Å². The number of urea groups is 1. The Bertz CT molecular complexity index is 438. The zero-order chi connectivity index (χ0) is 14.1. The molecule has 0 unspecified atom stereocenters. The number of amides is 2. The molecule has 0 spiro atoms. The summed E-state index contributed by atoms with van der Waals surface area (Å²) in [6.07, 6.45) is 1.97. The molecule has 0 heterocycles. The van der Waals surface area contributed by atoms with Crippen LogP contribution in [0.25, 0.3) is 0 Å². The van der Waals surface area contributed by atoms with Crippen molar-refractivity contribution in [2.45, 2.75) is 18.7 Å². The van der Waals surface area contributed by atoms with Crippen molar-refractivity contribution < 1.29 is 14.7 Å². The highest BCUT2D eigenvalue weighted by molar-refractivity contribution is 7.97. The SMILES string of the molecule is CSCc1cccc(CNC(=O)NCCC(=O)O)c1. The van der Waals surface area contributed by atoms with Crippen LogP contribution in [0, 0.1) is 0 Å². The molecule has 1 rings (SSSR count). The predicted molar refractivity (Wildman–Crippen MR) is 76.2 cm³/mol. The van der Waals surface area contributed by atoms with Crippen molar-refractivity contribution in [2.75, 3.05) is 12.8 Å². The number of carboxylic acid groups (broad SMARTS) is 1. The van der Waals surface area contributed by atoms with Crippen molar-refractivity contribution in [2.24, 2.45) is 0 Å². The van der Waals surface area contributed by atoms with Gasteiger partial charge in [0.1, 0.15) is 0 Å². The van der Waals surface area contributed by atoms with Gasteiger partial charge in [-0.3, -0.25) is 4.79 Å². The predicted octanol–water partition coefficient (Wildman–Crippen LogP) is 1.82. The molecule has 0 saturated heterocycles. The lowest BCUT2D eigenvalue weighted by molar-refractivity contribution is -0.136. The summed E-state index contributed by atoms with van der Waals surface area (Å²) in [6.45, 7) is 0.564. The summed E-state index contributed by atoms with van der Waals surface area (Å²) in [5.41, 5.74) is 2.25. The van der Waals surface area contributed by atoms with E-state index in [0.717, 1.165) is 11.3 Å². The van der Waals surface area contributed by atoms with Crippen molar-refractivity contribution in [1.29, 1.82) is 0 Å². The maximum atomic E-state index is 11.4. The van der Waals surface area contributed by atoms with Crippen molar-refractivity contribution in [3.63, 3.8) is 0 Å². The van der Waals surface area contributed by atoms with Crippen LogP contribution >= 0.6 is 11.8 Å². The van der Waals surface area contributed by atoms with Gasteiger partial charge in [0.05, 0.1) is 6.42 Å². The van der Waals surface area contributed by atoms with E-state index in [1.54, 1.807) is 11.8 Å². The summed E-state index contributed by atoms with van der Waals surface area (Å²) in [5, 5.41) is 13.6. The average molecular weight is 282 g/mol. The molecule has 104 valence electrons. The molecule has 0 saturated carbocycles. The van der Waals surface area contributed by atoms with Gasteiger partial charge in [-0.1, -0.05) is 24.3 Å². The van der Waals surface area contributed by atoms with Gasteiger partial charge in [-0.15, -0.1) is 0 Å². The second-order valence-electron chi connectivity index (χ2n) is 4.01. The maximum Gasteiger partial charge on any atom is 0.315 e. The topological polar surface area (TPSA) is 78.4 Å². The van der Waals surface area contributed by atoms with Crippen LogP contribution in [0.4, 0.5) is 4.79 Å². The highest BCUT2D eigenvalue weighted by Gasteiger charge is 2.02. The number of carbonyl (C=O) groups excluding carboxylic acids is 1. The molecule has 3 N–H and O–H groups in total. The summed E-state index contributed by atoms with van der Waals surface area (Å²) in [4.78, 5) is 21.7. The third-order valence-electron chi connectivity index (χ3n) is 2.38. The molecule has 6 heteroatoms. The van der Waals surface area contributed by atoms with Gasteiger partial charge in [-0.2, -0.15) is 11.8 Å². The van der Waals surface area contributed by atoms with E-state index in [1.807, 2.05) is 30.5 Å². The molecular formula is C13H18N2O3S. The molecule has 19 heavy (non-hydrogen) atoms. The van der Waals surface area contributed by atoms with E-state index in [2.05, 4.69) is 10.6 Å². The molecule has 1 aromatic carbocycles. The Morgan fingerprint density at radius 2 is 2.00 bits per heavy atom. The second-order valence-corrected chi connectivity index (χ2v) is 4.87. The molecule has 0 fully saturated rings. The highest BCUT2D eigenvalue weighted by Crippen LogP contribution is 2.11. The van der Waals surface area contributed by atoms with E-state index in [4.69, 9.17) is 5.11 Å². The third kappa shape index (κ3) is 6.71. The van der Waals surface area contributed by atoms with Gasteiger partial charge in [-0.25, -0.2) is 4.79 Å². The number of hydrogen-bond donors (Lipinski definition) is 3. The molecule has 0 radical (unpaired) electrons. The smallest absolute Gasteiger partial charge is 0.315 e. The van der Waals surface area contributed by atoms with Crippen LogP contribution in [-0.2, 0) is 17.1 Å². The Balaban J connectivity index is 2.33. The fourth-order valence-electron chi connectivity index (χ4n) is 1.52. The van der Waals surface area contributed by atoms with E-state index in [9.17, 15) is 9.59 Å². The monoisotopic (exact) mass is 282 g/mol. The number of aliphatic carboxylic acids is 1. The third-order valence-corrected chi connectivity index (χ3v) is 3.00. The largest absolute Gasteiger partial charge is 0.481 e. The van der Waals surface area contributed by atoms with Crippen LogP contribution in [0.5, 0.6) is 0 Å². The Kier molecular flexibility index (Phi) is 6.81. The first-order valence-corrected chi connectivity index (χ1v) is 7.31. The second kappa shape index (κ2) is 8.42. The van der Waals surface area contributed by atoms with E-state index >= 15 is 0 Å². The molecule has 2 amide bonds. The zero-order valence-electron chi connectivity index (χ0n) is 10.8. The first-order valence-electron chi connectivity index (χ1n) is 5.92. The van der Waals surface area contributed by atoms with Crippen LogP contribution in [-0.4, -0.2) is 29.9 Å². The summed E-state index contributed by atoms with van der Waals surface area (Å²) in [7, 11) is 0. The number of nitrogens with one attached hydrogen (secondary N) is 2. The number of hydrogen-bond acceptors (Lipinski definition) is 3. The molecule has 0 atom stereocenters. The number of carboxylic acids is 1. The van der Waals surface area contributed by atoms with Crippen LogP contribution in [0.3, 0.4) is 0 Å². The van der Waals surface area contributed by atoms with E-state index in [-0.39, 0.29) is 19.0 Å². The normalized spacial score (nSPS) is 9.95. The van der Waals surface area contributed by atoms with Crippen LogP contribution in [0.1, 0.15) is 17.5 Å². The lowest BCUT2D eigenvalue weighted by atomic mass is 10.1. The maximum absolute atomic E-state index is 11.4. The minimum absolute atomic E-state index is 0.0728. The van der Waals surface area contributed by atoms with Crippen LogP contribution < -0.4 is 10.6 Å². The van der Waals surface area contributed by atoms with Crippen molar-refractivity contribution in [3.05, 3.63) is 35.4 Å². The molecule has 0 aliphatic rings. The van der Waals surface area contributed by atoms with Gasteiger partial charge < -0.3 is 15.7 Å². The van der Waals surface area contributed by atoms with E-state index < -0.39 is 5.97 Å². The fourth-order valence-corrected chi connectivity index (χ4v) is 2.04. The Hall–Kier alpha value is -1.69.